The summed E-state index contributed by atoms with van der Waals surface area (Å²) >= 11 is 3.34. The summed E-state index contributed by atoms with van der Waals surface area (Å²) in [6.45, 7) is 0. The van der Waals surface area contributed by atoms with Crippen LogP contribution in [0.5, 0.6) is 5.75 Å². The van der Waals surface area contributed by atoms with Crippen LogP contribution >= 0.6 is 15.9 Å². The Morgan fingerprint density at radius 3 is 3.27 bits per heavy atom. The number of hydrogen-bond acceptors (Lipinski definition) is 3. The topological polar surface area (TPSA) is 33.6 Å². The van der Waals surface area contributed by atoms with Gasteiger partial charge in [-0.3, -0.25) is 0 Å². The van der Waals surface area contributed by atoms with Crippen LogP contribution in [0.15, 0.2) is 27.7 Å². The highest BCUT2D eigenvalue weighted by Crippen LogP contribution is 2.30. The molecule has 11 heavy (non-hydrogen) atoms. The lowest BCUT2D eigenvalue weighted by atomic mass is 10.3. The minimum Gasteiger partial charge on any atom is -0.379 e. The molecule has 1 aliphatic rings. The van der Waals surface area contributed by atoms with E-state index in [0.29, 0.717) is 0 Å². The summed E-state index contributed by atoms with van der Waals surface area (Å²) in [5, 5.41) is 0. The van der Waals surface area contributed by atoms with Crippen molar-refractivity contribution in [3.8, 4) is 5.75 Å². The summed E-state index contributed by atoms with van der Waals surface area (Å²) in [6.07, 6.45) is 1.51. The molecule has 0 aromatic heterocycles. The van der Waals surface area contributed by atoms with Gasteiger partial charge in [-0.2, -0.15) is 0 Å². The molecule has 0 bridgehead atoms. The molecule has 0 fully saturated rings. The van der Waals surface area contributed by atoms with E-state index in [1.54, 1.807) is 0 Å². The molecule has 1 N–H and O–H groups in total. The summed E-state index contributed by atoms with van der Waals surface area (Å²) in [4.78, 5) is 9.12. The number of fused-ring (bicyclic) bond motifs is 1. The first-order chi connectivity index (χ1) is 5.36. The zero-order chi connectivity index (χ0) is 7.68. The molecular weight excluding hydrogens is 208 g/mol. The third-order valence-electron chi connectivity index (χ3n) is 1.35. The van der Waals surface area contributed by atoms with Crippen molar-refractivity contribution < 1.29 is 4.84 Å². The lowest BCUT2D eigenvalue weighted by Crippen LogP contribution is -2.18. The molecular formula is C7H5BrN2O. The molecule has 0 aliphatic carbocycles. The Hall–Kier alpha value is -1.03. The van der Waals surface area contributed by atoms with Gasteiger partial charge in [0.15, 0.2) is 5.75 Å². The molecule has 3 nitrogen and oxygen atoms in total. The maximum Gasteiger partial charge on any atom is 0.180 e. The summed E-state index contributed by atoms with van der Waals surface area (Å²) in [6, 6.07) is 5.65. The predicted octanol–water partition coefficient (Wildman–Crippen LogP) is 2.01. The average molecular weight is 213 g/mol. The third-order valence-corrected chi connectivity index (χ3v) is 1.84. The average Bonchev–Trinajstić information content (AvgIpc) is 2.04. The van der Waals surface area contributed by atoms with Gasteiger partial charge in [-0.25, -0.2) is 10.5 Å². The first-order valence-corrected chi connectivity index (χ1v) is 3.90. The summed E-state index contributed by atoms with van der Waals surface area (Å²) in [5.41, 5.74) is 3.39. The van der Waals surface area contributed by atoms with E-state index in [1.165, 1.54) is 6.34 Å². The van der Waals surface area contributed by atoms with Gasteiger partial charge >= 0.3 is 0 Å². The van der Waals surface area contributed by atoms with Crippen molar-refractivity contribution in [2.24, 2.45) is 4.99 Å². The minimum atomic E-state index is 0.746. The summed E-state index contributed by atoms with van der Waals surface area (Å²) < 4.78 is 0.999. The molecule has 0 saturated heterocycles. The maximum absolute atomic E-state index is 5.06. The van der Waals surface area contributed by atoms with E-state index >= 15 is 0 Å². The number of aliphatic imine (C=N–C) groups is 1. The Bertz CT molecular complexity index is 311. The van der Waals surface area contributed by atoms with Crippen molar-refractivity contribution in [2.45, 2.75) is 0 Å². The van der Waals surface area contributed by atoms with Crippen LogP contribution in [-0.4, -0.2) is 6.34 Å². The normalized spacial score (nSPS) is 13.2. The monoisotopic (exact) mass is 212 g/mol. The van der Waals surface area contributed by atoms with Gasteiger partial charge in [0.1, 0.15) is 12.0 Å². The minimum absolute atomic E-state index is 0.746. The van der Waals surface area contributed by atoms with E-state index < -0.39 is 0 Å². The lowest BCUT2D eigenvalue weighted by molar-refractivity contribution is 0.263. The van der Waals surface area contributed by atoms with Crippen molar-refractivity contribution in [3.05, 3.63) is 22.7 Å². The van der Waals surface area contributed by atoms with Crippen molar-refractivity contribution in [1.29, 1.82) is 0 Å². The standard InChI is InChI=1S/C7H5BrN2O/c8-5-1-2-7-6(3-5)9-4-10-11-7/h1-4H,(H,9,10). The van der Waals surface area contributed by atoms with Crippen LogP contribution in [0.2, 0.25) is 0 Å². The van der Waals surface area contributed by atoms with Gasteiger partial charge < -0.3 is 4.84 Å². The molecule has 2 rings (SSSR count). The Balaban J connectivity index is 2.54. The Morgan fingerprint density at radius 2 is 2.36 bits per heavy atom. The number of hydroxylamine groups is 1. The number of nitrogens with zero attached hydrogens (tertiary/aromatic N) is 1. The predicted molar refractivity (Wildman–Crippen MR) is 46.1 cm³/mol. The van der Waals surface area contributed by atoms with Gasteiger partial charge in [-0.15, -0.1) is 0 Å². The Kier molecular flexibility index (Phi) is 1.54. The van der Waals surface area contributed by atoms with Crippen LogP contribution in [0.4, 0.5) is 5.69 Å². The number of nitrogens with one attached hydrogen (secondary N) is 1. The largest absolute Gasteiger partial charge is 0.379 e. The van der Waals surface area contributed by atoms with Gasteiger partial charge in [0.05, 0.1) is 0 Å². The van der Waals surface area contributed by atoms with Gasteiger partial charge in [0.25, 0.3) is 0 Å². The molecule has 0 spiro atoms. The molecule has 0 saturated carbocycles. The Labute approximate surface area is 72.2 Å². The number of benzene rings is 1. The second-order valence-electron chi connectivity index (χ2n) is 2.09. The Morgan fingerprint density at radius 1 is 1.45 bits per heavy atom. The van der Waals surface area contributed by atoms with E-state index in [4.69, 9.17) is 4.84 Å². The molecule has 1 aliphatic heterocycles. The summed E-state index contributed by atoms with van der Waals surface area (Å²) in [5.74, 6) is 0.746. The molecule has 56 valence electrons. The zero-order valence-corrected chi connectivity index (χ0v) is 7.13. The molecule has 0 amide bonds. The quantitative estimate of drug-likeness (QED) is 0.714. The number of rotatable bonds is 0. The fourth-order valence-corrected chi connectivity index (χ4v) is 1.21. The SMILES string of the molecule is Brc1ccc2c(c1)N=CNO2. The second kappa shape index (κ2) is 2.54. The second-order valence-corrected chi connectivity index (χ2v) is 3.01. The third kappa shape index (κ3) is 1.21. The molecule has 0 atom stereocenters. The van der Waals surface area contributed by atoms with Gasteiger partial charge in [0, 0.05) is 4.47 Å². The van der Waals surface area contributed by atoms with Crippen molar-refractivity contribution >= 4 is 28.0 Å². The van der Waals surface area contributed by atoms with E-state index in [1.807, 2.05) is 18.2 Å². The first-order valence-electron chi connectivity index (χ1n) is 3.11. The fraction of sp³-hybridized carbons (Fsp3) is 0. The smallest absolute Gasteiger partial charge is 0.180 e. The van der Waals surface area contributed by atoms with Crippen LogP contribution in [0.25, 0.3) is 0 Å². The van der Waals surface area contributed by atoms with Crippen LogP contribution in [0.1, 0.15) is 0 Å². The van der Waals surface area contributed by atoms with Crippen LogP contribution in [-0.2, 0) is 0 Å². The molecule has 1 aromatic rings. The van der Waals surface area contributed by atoms with Crippen LogP contribution < -0.4 is 10.3 Å². The van der Waals surface area contributed by atoms with E-state index in [-0.39, 0.29) is 0 Å². The van der Waals surface area contributed by atoms with Gasteiger partial charge in [-0.05, 0) is 18.2 Å². The zero-order valence-electron chi connectivity index (χ0n) is 5.54. The molecule has 0 radical (unpaired) electrons. The fourth-order valence-electron chi connectivity index (χ4n) is 0.863. The van der Waals surface area contributed by atoms with Crippen LogP contribution in [0.3, 0.4) is 0 Å². The van der Waals surface area contributed by atoms with Crippen molar-refractivity contribution in [2.75, 3.05) is 0 Å². The maximum atomic E-state index is 5.06. The first kappa shape index (κ1) is 6.67. The number of halogens is 1. The van der Waals surface area contributed by atoms with E-state index in [9.17, 15) is 0 Å². The molecule has 1 aromatic carbocycles. The molecule has 4 heteroatoms. The van der Waals surface area contributed by atoms with Gasteiger partial charge in [0.2, 0.25) is 0 Å². The van der Waals surface area contributed by atoms with Crippen molar-refractivity contribution in [1.82, 2.24) is 5.48 Å². The number of hydrogen-bond donors (Lipinski definition) is 1. The van der Waals surface area contributed by atoms with E-state index in [2.05, 4.69) is 26.4 Å². The highest BCUT2D eigenvalue weighted by atomic mass is 79.9. The van der Waals surface area contributed by atoms with E-state index in [0.717, 1.165) is 15.9 Å². The highest BCUT2D eigenvalue weighted by Gasteiger charge is 2.05. The molecule has 0 unspecified atom stereocenters. The van der Waals surface area contributed by atoms with Gasteiger partial charge in [-0.1, -0.05) is 15.9 Å². The lowest BCUT2D eigenvalue weighted by Gasteiger charge is -2.10. The highest BCUT2D eigenvalue weighted by molar-refractivity contribution is 9.10. The molecule has 1 heterocycles. The summed E-state index contributed by atoms with van der Waals surface area (Å²) in [7, 11) is 0. The van der Waals surface area contributed by atoms with Crippen molar-refractivity contribution in [3.63, 3.8) is 0 Å². The van der Waals surface area contributed by atoms with Crippen LogP contribution in [0, 0.1) is 0 Å².